The summed E-state index contributed by atoms with van der Waals surface area (Å²) < 4.78 is 12.8. The maximum atomic E-state index is 8.00. The molecule has 0 saturated heterocycles. The van der Waals surface area contributed by atoms with Crippen molar-refractivity contribution in [2.24, 2.45) is 30.4 Å². The first-order chi connectivity index (χ1) is 44.3. The smallest absolute Gasteiger partial charge is 0.444 e. The molecule has 454 valence electrons. The Morgan fingerprint density at radius 2 is 0.297 bits per heavy atom. The fourth-order valence-corrected chi connectivity index (χ4v) is 29.5. The van der Waals surface area contributed by atoms with Crippen molar-refractivity contribution in [2.75, 3.05) is 0 Å². The molecule has 0 fully saturated rings. The molecule has 0 bridgehead atoms. The van der Waals surface area contributed by atoms with Crippen LogP contribution < -0.4 is 63.7 Å². The molecule has 12 aromatic carbocycles. The minimum atomic E-state index is -2.50. The summed E-state index contributed by atoms with van der Waals surface area (Å²) in [7, 11) is -9.99. The van der Waals surface area contributed by atoms with Gasteiger partial charge in [-0.25, -0.2) is 0 Å². The summed E-state index contributed by atoms with van der Waals surface area (Å²) in [6.45, 7) is 0. The Kier molecular flexibility index (Phi) is 28.7. The molecule has 0 aromatic heterocycles. The molecule has 0 N–H and O–H groups in total. The van der Waals surface area contributed by atoms with Gasteiger partial charge in [-0.15, -0.1) is 30.4 Å². The molecular weight excluding hydrogens is 1260 g/mol. The molecular formula is C72H60FeN6O8P4. The molecule has 0 saturated carbocycles. The zero-order chi connectivity index (χ0) is 63.6. The van der Waals surface area contributed by atoms with Gasteiger partial charge in [-0.2, -0.15) is 0 Å². The Balaban J connectivity index is 0.000000245. The molecule has 0 aliphatic heterocycles. The first-order valence-electron chi connectivity index (χ1n) is 27.9. The van der Waals surface area contributed by atoms with Gasteiger partial charge in [0.05, 0.1) is 0 Å². The molecule has 19 heteroatoms. The van der Waals surface area contributed by atoms with Gasteiger partial charge in [0.15, 0.2) is 0 Å². The van der Waals surface area contributed by atoms with Crippen LogP contribution in [0.4, 0.5) is 0 Å². The fraction of sp³-hybridized carbons (Fsp3) is 0. The Morgan fingerprint density at radius 1 is 0.198 bits per heavy atom. The third-order valence-electron chi connectivity index (χ3n) is 14.1. The molecule has 0 unspecified atom stereocenters. The second-order valence-electron chi connectivity index (χ2n) is 19.0. The third kappa shape index (κ3) is 16.9. The minimum Gasteiger partial charge on any atom is -0.444 e. The number of nitrogens with zero attached hydrogens (tertiary/aromatic N) is 6. The Labute approximate surface area is 541 Å². The molecule has 0 aliphatic rings. The maximum absolute atomic E-state index is 8.00. The third-order valence-corrected chi connectivity index (χ3v) is 30.9. The predicted molar refractivity (Wildman–Crippen MR) is 382 cm³/mol. The van der Waals surface area contributed by atoms with E-state index in [2.05, 4.69) is 364 Å². The Bertz CT molecular complexity index is 3460. The van der Waals surface area contributed by atoms with Crippen molar-refractivity contribution >= 4 is 92.6 Å². The molecule has 0 atom stereocenters. The number of hydrogen-bond acceptors (Lipinski definition) is 14. The van der Waals surface area contributed by atoms with Gasteiger partial charge in [0, 0.05) is 31.8 Å². The second-order valence-corrected chi connectivity index (χ2v) is 31.8. The van der Waals surface area contributed by atoms with Gasteiger partial charge in [-0.3, -0.25) is 0 Å². The molecule has 0 heterocycles. The number of benzene rings is 12. The Hall–Kier alpha value is -9.92. The van der Waals surface area contributed by atoms with E-state index in [0.717, 1.165) is 21.4 Å². The van der Waals surface area contributed by atoms with Crippen molar-refractivity contribution in [3.8, 4) is 0 Å². The maximum Gasteiger partial charge on any atom is 2.00 e. The minimum absolute atomic E-state index is 0. The number of rotatable bonds is 14. The molecule has 0 spiro atoms. The van der Waals surface area contributed by atoms with Gasteiger partial charge in [-0.1, -0.05) is 291 Å². The molecule has 12 aromatic rings. The predicted octanol–water partition coefficient (Wildman–Crippen LogP) is 15.1. The van der Waals surface area contributed by atoms with E-state index >= 15 is 0 Å². The van der Waals surface area contributed by atoms with Crippen molar-refractivity contribution in [3.05, 3.63) is 404 Å². The van der Waals surface area contributed by atoms with Crippen LogP contribution in [-0.4, -0.2) is 0 Å². The average molecular weight is 1320 g/mol. The first-order valence-corrected chi connectivity index (χ1v) is 34.8. The summed E-state index contributed by atoms with van der Waals surface area (Å²) >= 11 is 0. The van der Waals surface area contributed by atoms with E-state index in [1.165, 1.54) is 63.7 Å². The van der Waals surface area contributed by atoms with Gasteiger partial charge in [0.1, 0.15) is 45.9 Å². The van der Waals surface area contributed by atoms with Crippen molar-refractivity contribution in [1.29, 1.82) is 0 Å². The summed E-state index contributed by atoms with van der Waals surface area (Å²) in [5, 5.41) is 51.1. The van der Waals surface area contributed by atoms with Crippen LogP contribution in [0, 0.1) is 40.5 Å². The summed E-state index contributed by atoms with van der Waals surface area (Å²) in [4.78, 5) is 32.0. The topological polar surface area (TPSA) is 235 Å². The molecule has 12 rings (SSSR count). The number of hydrogen-bond donors (Lipinski definition) is 0. The van der Waals surface area contributed by atoms with E-state index in [1.807, 2.05) is 0 Å². The van der Waals surface area contributed by atoms with E-state index in [4.69, 9.17) is 49.5 Å². The SMILES string of the molecule is O=N[O-].O=N[O-].O=N[O-].O=N[O-].[Fe+2].c1ccc(P(=N[P+](c2ccccc2)(c2ccccc2)c2ccccc2)(c2ccccc2)c2ccccc2)cc1.c1ccc(P(=N[P+](c2ccccc2)(c2ccccc2)c2ccccc2)(c2ccccc2)c2ccccc2)cc1. The van der Waals surface area contributed by atoms with Gasteiger partial charge in [0.25, 0.3) is 0 Å². The second kappa shape index (κ2) is 37.2. The van der Waals surface area contributed by atoms with Gasteiger partial charge < -0.3 is 40.5 Å². The van der Waals surface area contributed by atoms with Crippen LogP contribution in [0.25, 0.3) is 0 Å². The van der Waals surface area contributed by atoms with E-state index in [0.29, 0.717) is 0 Å². The van der Waals surface area contributed by atoms with Crippen LogP contribution in [0.2, 0.25) is 0 Å². The van der Waals surface area contributed by atoms with Crippen molar-refractivity contribution in [1.82, 2.24) is 0 Å². The van der Waals surface area contributed by atoms with E-state index in [1.54, 1.807) is 0 Å². The van der Waals surface area contributed by atoms with Crippen LogP contribution in [-0.2, 0) is 17.1 Å². The zero-order valence-corrected chi connectivity index (χ0v) is 53.4. The fourth-order valence-electron chi connectivity index (χ4n) is 10.5. The molecule has 0 amide bonds. The van der Waals surface area contributed by atoms with Crippen molar-refractivity contribution < 1.29 is 17.1 Å². The van der Waals surface area contributed by atoms with Gasteiger partial charge in [0.2, 0.25) is 14.8 Å². The Morgan fingerprint density at radius 3 is 0.407 bits per heavy atom. The summed E-state index contributed by atoms with van der Waals surface area (Å²) in [5.41, 5.74) is 0. The van der Waals surface area contributed by atoms with E-state index < -0.39 is 28.9 Å². The molecule has 14 nitrogen and oxygen atoms in total. The summed E-state index contributed by atoms with van der Waals surface area (Å²) in [6, 6.07) is 131. The first kappa shape index (κ1) is 70.2. The van der Waals surface area contributed by atoms with Crippen LogP contribution in [0.5, 0.6) is 0 Å². The normalized spacial score (nSPS) is 10.5. The monoisotopic (exact) mass is 1320 g/mol. The summed E-state index contributed by atoms with van der Waals surface area (Å²) in [5.74, 6) is 0. The van der Waals surface area contributed by atoms with Crippen LogP contribution in [0.15, 0.2) is 394 Å². The van der Waals surface area contributed by atoms with E-state index in [-0.39, 0.29) is 17.1 Å². The standard InChI is InChI=1S/2C36H30NP2.Fe.4HNO2/c2*1-7-19-31(20-8-1)38(32-21-9-2-10-22-32,33-23-11-3-12-24-33)37-39(34-25-13-4-14-26-34,35-27-15-5-16-28-35)36-29-17-6-18-30-36;;4*2-1-3/h2*1-30H;;4*(H,2,3)/q2*+1;+2;;;;/p-4. The molecule has 0 radical (unpaired) electrons. The van der Waals surface area contributed by atoms with Gasteiger partial charge in [-0.05, 0) is 72.8 Å². The van der Waals surface area contributed by atoms with Crippen LogP contribution >= 0.6 is 28.9 Å². The van der Waals surface area contributed by atoms with E-state index in [9.17, 15) is 0 Å². The molecule has 91 heavy (non-hydrogen) atoms. The van der Waals surface area contributed by atoms with Gasteiger partial charge >= 0.3 is 17.1 Å². The zero-order valence-electron chi connectivity index (χ0n) is 48.7. The van der Waals surface area contributed by atoms with Crippen molar-refractivity contribution in [3.63, 3.8) is 0 Å². The largest absolute Gasteiger partial charge is 2.00 e. The molecule has 0 aliphatic carbocycles. The summed E-state index contributed by atoms with van der Waals surface area (Å²) in [6.07, 6.45) is 0. The van der Waals surface area contributed by atoms with Crippen LogP contribution in [0.3, 0.4) is 0 Å². The quantitative estimate of drug-likeness (QED) is 0.0438. The van der Waals surface area contributed by atoms with Crippen molar-refractivity contribution in [2.45, 2.75) is 0 Å². The van der Waals surface area contributed by atoms with Crippen LogP contribution in [0.1, 0.15) is 0 Å². The average Bonchev–Trinajstić information content (AvgIpc) is 0.739.